The minimum atomic E-state index is 0.0180. The van der Waals surface area contributed by atoms with E-state index < -0.39 is 0 Å². The fourth-order valence-electron chi connectivity index (χ4n) is 6.99. The number of carbonyl (C=O) groups is 1. The van der Waals surface area contributed by atoms with Crippen LogP contribution < -0.4 is 0 Å². The summed E-state index contributed by atoms with van der Waals surface area (Å²) < 4.78 is 5.85. The SMILES string of the molecule is COC1CC[C@H]2[C@@H]3CCC4=CC(=O)C(=CO)C[C@]4(C)[C@@H]3CC[C@]12C. The molecule has 0 aromatic carbocycles. The molecule has 3 fully saturated rings. The molecule has 3 nitrogen and oxygen atoms in total. The number of rotatable bonds is 1. The van der Waals surface area contributed by atoms with Crippen molar-refractivity contribution in [2.24, 2.45) is 28.6 Å². The van der Waals surface area contributed by atoms with Crippen LogP contribution >= 0.6 is 0 Å². The van der Waals surface area contributed by atoms with Crippen molar-refractivity contribution < 1.29 is 14.6 Å². The standard InChI is InChI=1S/C21H30O3/c1-20-9-8-17-15(16(20)6-7-19(20)24-3)5-4-14-10-18(23)13(12-22)11-21(14,17)2/h10,12,15-17,19,22H,4-9,11H2,1-3H3/t15-,16-,17+,19?,20-,21-/m0/s1. The van der Waals surface area contributed by atoms with Crippen molar-refractivity contribution in [3.05, 3.63) is 23.5 Å². The minimum absolute atomic E-state index is 0.0180. The van der Waals surface area contributed by atoms with E-state index in [-0.39, 0.29) is 11.2 Å². The van der Waals surface area contributed by atoms with Crippen molar-refractivity contribution in [3.63, 3.8) is 0 Å². The van der Waals surface area contributed by atoms with E-state index in [4.69, 9.17) is 4.74 Å². The highest BCUT2D eigenvalue weighted by Crippen LogP contribution is 2.65. The van der Waals surface area contributed by atoms with Gasteiger partial charge < -0.3 is 9.84 Å². The predicted molar refractivity (Wildman–Crippen MR) is 93.6 cm³/mol. The van der Waals surface area contributed by atoms with Crippen LogP contribution in [0.25, 0.3) is 0 Å². The third-order valence-corrected chi connectivity index (χ3v) is 8.27. The number of aliphatic hydroxyl groups excluding tert-OH is 1. The van der Waals surface area contributed by atoms with Gasteiger partial charge in [-0.25, -0.2) is 0 Å². The van der Waals surface area contributed by atoms with Gasteiger partial charge in [-0.05, 0) is 79.6 Å². The summed E-state index contributed by atoms with van der Waals surface area (Å²) in [6.07, 6.45) is 11.2. The maximum atomic E-state index is 12.2. The molecule has 0 radical (unpaired) electrons. The number of ether oxygens (including phenoxy) is 1. The molecule has 24 heavy (non-hydrogen) atoms. The van der Waals surface area contributed by atoms with Crippen LogP contribution in [0.1, 0.15) is 58.8 Å². The molecule has 0 heterocycles. The van der Waals surface area contributed by atoms with Gasteiger partial charge in [0.05, 0.1) is 12.4 Å². The average molecular weight is 330 g/mol. The lowest BCUT2D eigenvalue weighted by molar-refractivity contribution is -0.114. The van der Waals surface area contributed by atoms with E-state index in [1.54, 1.807) is 0 Å². The number of methoxy groups -OCH3 is 1. The number of aliphatic hydroxyl groups is 1. The molecular weight excluding hydrogens is 300 g/mol. The van der Waals surface area contributed by atoms with Crippen LogP contribution in [0.5, 0.6) is 0 Å². The van der Waals surface area contributed by atoms with E-state index in [9.17, 15) is 9.90 Å². The average Bonchev–Trinajstić information content (AvgIpc) is 2.91. The molecule has 132 valence electrons. The first-order chi connectivity index (χ1) is 11.4. The van der Waals surface area contributed by atoms with E-state index in [0.29, 0.717) is 29.4 Å². The predicted octanol–water partition coefficient (Wildman–Crippen LogP) is 4.59. The Morgan fingerprint density at radius 3 is 2.71 bits per heavy atom. The monoisotopic (exact) mass is 330 g/mol. The molecule has 1 unspecified atom stereocenters. The zero-order chi connectivity index (χ0) is 17.1. The lowest BCUT2D eigenvalue weighted by Gasteiger charge is -2.58. The van der Waals surface area contributed by atoms with E-state index in [2.05, 4.69) is 13.8 Å². The Kier molecular flexibility index (Phi) is 3.72. The Bertz CT molecular complexity index is 619. The summed E-state index contributed by atoms with van der Waals surface area (Å²) >= 11 is 0. The second-order valence-corrected chi connectivity index (χ2v) is 9.04. The number of carbonyl (C=O) groups excluding carboxylic acids is 1. The zero-order valence-corrected chi connectivity index (χ0v) is 15.2. The van der Waals surface area contributed by atoms with E-state index in [1.807, 2.05) is 13.2 Å². The van der Waals surface area contributed by atoms with Crippen molar-refractivity contribution in [1.82, 2.24) is 0 Å². The van der Waals surface area contributed by atoms with Gasteiger partial charge in [-0.1, -0.05) is 19.4 Å². The normalized spacial score (nSPS) is 49.4. The maximum absolute atomic E-state index is 12.2. The molecule has 0 spiro atoms. The summed E-state index contributed by atoms with van der Waals surface area (Å²) in [6.45, 7) is 4.79. The minimum Gasteiger partial charge on any atom is -0.515 e. The molecule has 0 saturated heterocycles. The molecule has 0 aliphatic heterocycles. The van der Waals surface area contributed by atoms with Gasteiger partial charge in [0, 0.05) is 12.7 Å². The second-order valence-electron chi connectivity index (χ2n) is 9.04. The summed E-state index contributed by atoms with van der Waals surface area (Å²) in [4.78, 5) is 12.2. The first-order valence-corrected chi connectivity index (χ1v) is 9.55. The molecule has 1 N–H and O–H groups in total. The lowest BCUT2D eigenvalue weighted by Crippen LogP contribution is -2.51. The zero-order valence-electron chi connectivity index (χ0n) is 15.2. The van der Waals surface area contributed by atoms with Crippen LogP contribution in [0.4, 0.5) is 0 Å². The van der Waals surface area contributed by atoms with Gasteiger partial charge in [-0.3, -0.25) is 4.79 Å². The first-order valence-electron chi connectivity index (χ1n) is 9.55. The van der Waals surface area contributed by atoms with E-state index in [1.165, 1.54) is 37.7 Å². The van der Waals surface area contributed by atoms with Crippen molar-refractivity contribution in [3.8, 4) is 0 Å². The summed E-state index contributed by atoms with van der Waals surface area (Å²) in [6, 6.07) is 0. The highest BCUT2D eigenvalue weighted by Gasteiger charge is 2.59. The third-order valence-electron chi connectivity index (χ3n) is 8.27. The maximum Gasteiger partial charge on any atom is 0.184 e. The van der Waals surface area contributed by atoms with Crippen LogP contribution in [0.3, 0.4) is 0 Å². The van der Waals surface area contributed by atoms with Gasteiger partial charge >= 0.3 is 0 Å². The van der Waals surface area contributed by atoms with Gasteiger partial charge in [-0.2, -0.15) is 0 Å². The summed E-state index contributed by atoms with van der Waals surface area (Å²) in [5, 5.41) is 9.49. The topological polar surface area (TPSA) is 46.5 Å². The fourth-order valence-corrected chi connectivity index (χ4v) is 6.99. The van der Waals surface area contributed by atoms with Crippen LogP contribution in [-0.4, -0.2) is 24.1 Å². The van der Waals surface area contributed by atoms with E-state index in [0.717, 1.165) is 24.5 Å². The van der Waals surface area contributed by atoms with Gasteiger partial charge in [-0.15, -0.1) is 0 Å². The Morgan fingerprint density at radius 2 is 2.00 bits per heavy atom. The van der Waals surface area contributed by atoms with Gasteiger partial charge in [0.25, 0.3) is 0 Å². The molecule has 3 saturated carbocycles. The smallest absolute Gasteiger partial charge is 0.184 e. The Labute approximate surface area is 145 Å². The molecule has 4 rings (SSSR count). The number of allylic oxidation sites excluding steroid dienone is 2. The quantitative estimate of drug-likeness (QED) is 0.565. The molecule has 4 aliphatic rings. The van der Waals surface area contributed by atoms with Crippen molar-refractivity contribution in [1.29, 1.82) is 0 Å². The summed E-state index contributed by atoms with van der Waals surface area (Å²) in [5.41, 5.74) is 2.31. The Morgan fingerprint density at radius 1 is 1.21 bits per heavy atom. The van der Waals surface area contributed by atoms with Crippen LogP contribution in [0, 0.1) is 28.6 Å². The number of ketones is 1. The second kappa shape index (κ2) is 5.45. The van der Waals surface area contributed by atoms with E-state index >= 15 is 0 Å². The van der Waals surface area contributed by atoms with Crippen molar-refractivity contribution in [2.75, 3.05) is 7.11 Å². The molecule has 0 aromatic heterocycles. The summed E-state index contributed by atoms with van der Waals surface area (Å²) in [7, 11) is 1.87. The molecule has 4 aliphatic carbocycles. The highest BCUT2D eigenvalue weighted by molar-refractivity contribution is 6.05. The number of fused-ring (bicyclic) bond motifs is 5. The molecule has 0 bridgehead atoms. The Hall–Kier alpha value is -1.09. The summed E-state index contributed by atoms with van der Waals surface area (Å²) in [5.74, 6) is 2.14. The molecule has 3 heteroatoms. The number of hydrogen-bond donors (Lipinski definition) is 1. The highest BCUT2D eigenvalue weighted by atomic mass is 16.5. The molecule has 6 atom stereocenters. The fraction of sp³-hybridized carbons (Fsp3) is 0.762. The third kappa shape index (κ3) is 2.03. The van der Waals surface area contributed by atoms with Crippen LogP contribution in [-0.2, 0) is 9.53 Å². The first kappa shape index (κ1) is 16.4. The van der Waals surface area contributed by atoms with Gasteiger partial charge in [0.1, 0.15) is 0 Å². The molecular formula is C21H30O3. The van der Waals surface area contributed by atoms with Crippen LogP contribution in [0.15, 0.2) is 23.5 Å². The molecule has 0 amide bonds. The Balaban J connectivity index is 1.69. The van der Waals surface area contributed by atoms with Gasteiger partial charge in [0.2, 0.25) is 0 Å². The van der Waals surface area contributed by atoms with Crippen molar-refractivity contribution in [2.45, 2.75) is 64.9 Å². The lowest BCUT2D eigenvalue weighted by atomic mass is 9.47. The number of hydrogen-bond acceptors (Lipinski definition) is 3. The largest absolute Gasteiger partial charge is 0.515 e. The van der Waals surface area contributed by atoms with Gasteiger partial charge in [0.15, 0.2) is 5.78 Å². The van der Waals surface area contributed by atoms with Crippen LogP contribution in [0.2, 0.25) is 0 Å². The molecule has 0 aromatic rings. The van der Waals surface area contributed by atoms with Crippen molar-refractivity contribution >= 4 is 5.78 Å².